The Morgan fingerprint density at radius 3 is 2.03 bits per heavy atom. The first kappa shape index (κ1) is 25.7. The van der Waals surface area contributed by atoms with E-state index in [9.17, 15) is 19.2 Å². The number of amides is 1. The summed E-state index contributed by atoms with van der Waals surface area (Å²) in [6, 6.07) is 26.1. The molecule has 1 fully saturated rings. The molecule has 1 aliphatic rings. The Hall–Kier alpha value is -4.99. The number of aromatic amines is 1. The van der Waals surface area contributed by atoms with Crippen LogP contribution in [0.2, 0.25) is 0 Å². The molecular weight excluding hydrogens is 498 g/mol. The van der Waals surface area contributed by atoms with E-state index in [1.54, 1.807) is 30.3 Å². The van der Waals surface area contributed by atoms with Gasteiger partial charge < -0.3 is 9.64 Å². The van der Waals surface area contributed by atoms with Gasteiger partial charge in [0.25, 0.3) is 5.91 Å². The van der Waals surface area contributed by atoms with Crippen LogP contribution < -0.4 is 11.4 Å². The lowest BCUT2D eigenvalue weighted by Crippen LogP contribution is -2.46. The normalized spacial score (nSPS) is 15.5. The number of methoxy groups -OCH3 is 1. The predicted octanol–water partition coefficient (Wildman–Crippen LogP) is 2.53. The average molecular weight is 526 g/mol. The number of likely N-dealkylation sites (tertiary alicyclic amines) is 1. The standard InChI is InChI=1S/C29H27N5O5/c1-39-27(36)23-18-11-19-32(23)26(35)25(34-29(38)33(28(37)31-34)22-16-9-4-10-17-22)30-24(20-12-5-2-6-13-20)21-14-7-3-8-15-21/h2-10,12-17,23,25H,11,18-19H2,1H3,(H,31,37)/t23-,25?/m0/s1. The molecule has 4 aromatic rings. The predicted molar refractivity (Wildman–Crippen MR) is 145 cm³/mol. The topological polar surface area (TPSA) is 119 Å². The fraction of sp³-hybridized carbons (Fsp3) is 0.207. The lowest BCUT2D eigenvalue weighted by atomic mass is 10.0. The number of esters is 1. The summed E-state index contributed by atoms with van der Waals surface area (Å²) in [4.78, 5) is 59.4. The highest BCUT2D eigenvalue weighted by Crippen LogP contribution is 2.24. The fourth-order valence-corrected chi connectivity index (χ4v) is 4.78. The van der Waals surface area contributed by atoms with Crippen LogP contribution in [0.1, 0.15) is 30.1 Å². The van der Waals surface area contributed by atoms with Crippen molar-refractivity contribution in [3.63, 3.8) is 0 Å². The van der Waals surface area contributed by atoms with E-state index in [0.29, 0.717) is 35.4 Å². The monoisotopic (exact) mass is 525 g/mol. The number of rotatable bonds is 7. The van der Waals surface area contributed by atoms with Gasteiger partial charge >= 0.3 is 17.3 Å². The SMILES string of the molecule is COC(=O)[C@@H]1CCCN1C(=O)C(N=C(c1ccccc1)c1ccccc1)n1[nH]c(=O)n(-c2ccccc2)c1=O. The van der Waals surface area contributed by atoms with Crippen molar-refractivity contribution in [1.82, 2.24) is 19.2 Å². The summed E-state index contributed by atoms with van der Waals surface area (Å²) in [6.45, 7) is 0.287. The summed E-state index contributed by atoms with van der Waals surface area (Å²) in [5, 5.41) is 2.52. The van der Waals surface area contributed by atoms with Gasteiger partial charge in [0, 0.05) is 17.7 Å². The summed E-state index contributed by atoms with van der Waals surface area (Å²) in [5.74, 6) is -1.14. The molecule has 1 N–H and O–H groups in total. The molecule has 3 aromatic carbocycles. The lowest BCUT2D eigenvalue weighted by molar-refractivity contribution is -0.152. The third kappa shape index (κ3) is 5.08. The van der Waals surface area contributed by atoms with E-state index in [0.717, 1.165) is 9.25 Å². The zero-order valence-electron chi connectivity index (χ0n) is 21.3. The smallest absolute Gasteiger partial charge is 0.354 e. The second kappa shape index (κ2) is 11.2. The van der Waals surface area contributed by atoms with Crippen LogP contribution in [0.3, 0.4) is 0 Å². The molecule has 10 nitrogen and oxygen atoms in total. The maximum Gasteiger partial charge on any atom is 0.354 e. The Labute approximate surface area is 223 Å². The third-order valence-electron chi connectivity index (χ3n) is 6.65. The van der Waals surface area contributed by atoms with Crippen LogP contribution in [0.4, 0.5) is 0 Å². The maximum atomic E-state index is 14.1. The van der Waals surface area contributed by atoms with Gasteiger partial charge in [-0.1, -0.05) is 78.9 Å². The molecule has 1 aliphatic heterocycles. The summed E-state index contributed by atoms with van der Waals surface area (Å²) in [7, 11) is 1.27. The van der Waals surface area contributed by atoms with Crippen molar-refractivity contribution in [3.05, 3.63) is 123 Å². The quantitative estimate of drug-likeness (QED) is 0.294. The molecule has 10 heteroatoms. The summed E-state index contributed by atoms with van der Waals surface area (Å²) in [5.41, 5.74) is 0.741. The molecule has 0 bridgehead atoms. The van der Waals surface area contributed by atoms with Gasteiger partial charge in [0.05, 0.1) is 18.5 Å². The van der Waals surface area contributed by atoms with Gasteiger partial charge in [0.1, 0.15) is 6.04 Å². The fourth-order valence-electron chi connectivity index (χ4n) is 4.78. The van der Waals surface area contributed by atoms with Gasteiger partial charge in [-0.3, -0.25) is 4.79 Å². The highest BCUT2D eigenvalue weighted by molar-refractivity contribution is 6.13. The van der Waals surface area contributed by atoms with Crippen molar-refractivity contribution >= 4 is 17.6 Å². The summed E-state index contributed by atoms with van der Waals surface area (Å²) < 4.78 is 6.80. The number of hydrogen-bond acceptors (Lipinski definition) is 6. The Kier molecular flexibility index (Phi) is 7.35. The second-order valence-electron chi connectivity index (χ2n) is 9.04. The Morgan fingerprint density at radius 2 is 1.46 bits per heavy atom. The van der Waals surface area contributed by atoms with Crippen LogP contribution in [0.15, 0.2) is 106 Å². The number of para-hydroxylation sites is 1. The minimum Gasteiger partial charge on any atom is -0.467 e. The van der Waals surface area contributed by atoms with Crippen LogP contribution >= 0.6 is 0 Å². The van der Waals surface area contributed by atoms with E-state index < -0.39 is 35.5 Å². The van der Waals surface area contributed by atoms with Gasteiger partial charge in [0.2, 0.25) is 6.17 Å². The van der Waals surface area contributed by atoms with E-state index >= 15 is 0 Å². The molecule has 0 spiro atoms. The third-order valence-corrected chi connectivity index (χ3v) is 6.65. The highest BCUT2D eigenvalue weighted by atomic mass is 16.5. The molecule has 5 rings (SSSR count). The van der Waals surface area contributed by atoms with Crippen LogP contribution in [0.5, 0.6) is 0 Å². The minimum atomic E-state index is -1.49. The number of carbonyl (C=O) groups is 2. The number of hydrogen-bond donors (Lipinski definition) is 1. The van der Waals surface area contributed by atoms with E-state index in [1.165, 1.54) is 12.0 Å². The van der Waals surface area contributed by atoms with Crippen LogP contribution in [0.25, 0.3) is 5.69 Å². The number of H-pyrrole nitrogens is 1. The minimum absolute atomic E-state index is 0.287. The van der Waals surface area contributed by atoms with Crippen molar-refractivity contribution in [2.45, 2.75) is 25.0 Å². The van der Waals surface area contributed by atoms with Gasteiger partial charge in [-0.2, -0.15) is 4.68 Å². The molecule has 2 heterocycles. The first-order chi connectivity index (χ1) is 19.0. The molecular formula is C29H27N5O5. The Balaban J connectivity index is 1.71. The Bertz CT molecular complexity index is 1570. The molecule has 198 valence electrons. The number of benzene rings is 3. The number of nitrogens with zero attached hydrogens (tertiary/aromatic N) is 4. The van der Waals surface area contributed by atoms with E-state index in [4.69, 9.17) is 9.73 Å². The van der Waals surface area contributed by atoms with Crippen molar-refractivity contribution in [2.24, 2.45) is 4.99 Å². The maximum absolute atomic E-state index is 14.1. The first-order valence-corrected chi connectivity index (χ1v) is 12.6. The van der Waals surface area contributed by atoms with Crippen LogP contribution in [-0.4, -0.2) is 56.5 Å². The second-order valence-corrected chi connectivity index (χ2v) is 9.04. The van der Waals surface area contributed by atoms with Gasteiger partial charge in [-0.25, -0.2) is 29.0 Å². The number of ether oxygens (including phenoxy) is 1. The molecule has 39 heavy (non-hydrogen) atoms. The van der Waals surface area contributed by atoms with Crippen molar-refractivity contribution in [2.75, 3.05) is 13.7 Å². The van der Waals surface area contributed by atoms with E-state index in [2.05, 4.69) is 5.10 Å². The van der Waals surface area contributed by atoms with Crippen LogP contribution in [0, 0.1) is 0 Å². The molecule has 1 amide bonds. The molecule has 0 aliphatic carbocycles. The Morgan fingerprint density at radius 1 is 0.897 bits per heavy atom. The number of aromatic nitrogens is 3. The van der Waals surface area contributed by atoms with Gasteiger partial charge in [-0.15, -0.1) is 0 Å². The summed E-state index contributed by atoms with van der Waals surface area (Å²) >= 11 is 0. The van der Waals surface area contributed by atoms with Crippen molar-refractivity contribution in [1.29, 1.82) is 0 Å². The number of carbonyl (C=O) groups excluding carboxylic acids is 2. The van der Waals surface area contributed by atoms with Crippen molar-refractivity contribution in [3.8, 4) is 5.69 Å². The van der Waals surface area contributed by atoms with Gasteiger partial charge in [-0.05, 0) is 25.0 Å². The molecule has 1 saturated heterocycles. The number of aliphatic imine (C=N–C) groups is 1. The number of nitrogens with one attached hydrogen (secondary N) is 1. The summed E-state index contributed by atoms with van der Waals surface area (Å²) in [6.07, 6.45) is -0.478. The molecule has 1 unspecified atom stereocenters. The highest BCUT2D eigenvalue weighted by Gasteiger charge is 2.39. The largest absolute Gasteiger partial charge is 0.467 e. The van der Waals surface area contributed by atoms with E-state index in [-0.39, 0.29) is 6.54 Å². The average Bonchev–Trinajstić information content (AvgIpc) is 3.58. The molecule has 1 aromatic heterocycles. The van der Waals surface area contributed by atoms with Gasteiger partial charge in [0.15, 0.2) is 0 Å². The molecule has 0 saturated carbocycles. The van der Waals surface area contributed by atoms with Crippen molar-refractivity contribution < 1.29 is 14.3 Å². The zero-order chi connectivity index (χ0) is 27.4. The van der Waals surface area contributed by atoms with E-state index in [1.807, 2.05) is 60.7 Å². The lowest BCUT2D eigenvalue weighted by Gasteiger charge is -2.26. The molecule has 2 atom stereocenters. The van der Waals surface area contributed by atoms with Crippen LogP contribution in [-0.2, 0) is 14.3 Å². The molecule has 0 radical (unpaired) electrons. The zero-order valence-corrected chi connectivity index (χ0v) is 21.3. The first-order valence-electron chi connectivity index (χ1n) is 12.6.